The Morgan fingerprint density at radius 1 is 1.30 bits per heavy atom. The van der Waals surface area contributed by atoms with Crippen molar-refractivity contribution in [2.45, 2.75) is 33.7 Å². The lowest BCUT2D eigenvalue weighted by atomic mass is 10.0. The van der Waals surface area contributed by atoms with E-state index in [-0.39, 0.29) is 18.5 Å². The van der Waals surface area contributed by atoms with Gasteiger partial charge in [-0.15, -0.1) is 11.3 Å². The van der Waals surface area contributed by atoms with Crippen LogP contribution in [0, 0.1) is 19.8 Å². The number of hydrogen-bond donors (Lipinski definition) is 2. The van der Waals surface area contributed by atoms with Crippen LogP contribution in [0.2, 0.25) is 5.02 Å². The minimum absolute atomic E-state index is 0.0824. The fraction of sp³-hybridized carbons (Fsp3) is 0.389. The highest BCUT2D eigenvalue weighted by Crippen LogP contribution is 2.28. The van der Waals surface area contributed by atoms with Crippen LogP contribution >= 0.6 is 22.9 Å². The van der Waals surface area contributed by atoms with Crippen molar-refractivity contribution < 1.29 is 4.79 Å². The molecule has 1 heterocycles. The standard InChI is InChI=1S/C18H23ClN2OS/c1-11(2)17(15-6-5-7-23-15)20-10-16(22)21-18-13(4)8-12(3)9-14(18)19/h5-9,11,17,20H,10H2,1-4H3,(H,21,22). The molecule has 1 amide bonds. The van der Waals surface area contributed by atoms with E-state index in [4.69, 9.17) is 11.6 Å². The molecule has 0 aliphatic heterocycles. The molecule has 5 heteroatoms. The second-order valence-electron chi connectivity index (χ2n) is 6.10. The van der Waals surface area contributed by atoms with Crippen molar-refractivity contribution in [3.8, 4) is 0 Å². The van der Waals surface area contributed by atoms with Gasteiger partial charge in [-0.1, -0.05) is 37.6 Å². The van der Waals surface area contributed by atoms with Gasteiger partial charge < -0.3 is 10.6 Å². The van der Waals surface area contributed by atoms with Crippen LogP contribution in [0.5, 0.6) is 0 Å². The van der Waals surface area contributed by atoms with Crippen LogP contribution in [0.4, 0.5) is 5.69 Å². The van der Waals surface area contributed by atoms with Gasteiger partial charge in [0.05, 0.1) is 17.3 Å². The van der Waals surface area contributed by atoms with Crippen molar-refractivity contribution in [3.63, 3.8) is 0 Å². The average molecular weight is 351 g/mol. The number of carbonyl (C=O) groups is 1. The lowest BCUT2D eigenvalue weighted by molar-refractivity contribution is -0.115. The van der Waals surface area contributed by atoms with Crippen LogP contribution in [-0.2, 0) is 4.79 Å². The van der Waals surface area contributed by atoms with Crippen LogP contribution in [0.3, 0.4) is 0 Å². The first-order chi connectivity index (χ1) is 10.9. The molecule has 0 radical (unpaired) electrons. The molecular formula is C18H23ClN2OS. The Morgan fingerprint density at radius 2 is 2.04 bits per heavy atom. The molecule has 2 N–H and O–H groups in total. The van der Waals surface area contributed by atoms with Gasteiger partial charge in [0.15, 0.2) is 0 Å². The largest absolute Gasteiger partial charge is 0.323 e. The first-order valence-corrected chi connectivity index (χ1v) is 8.97. The molecule has 0 saturated carbocycles. The first-order valence-electron chi connectivity index (χ1n) is 7.72. The lowest BCUT2D eigenvalue weighted by Crippen LogP contribution is -2.33. The molecule has 124 valence electrons. The molecule has 0 bridgehead atoms. The van der Waals surface area contributed by atoms with Gasteiger partial charge in [0, 0.05) is 10.9 Å². The summed E-state index contributed by atoms with van der Waals surface area (Å²) in [5.74, 6) is 0.326. The van der Waals surface area contributed by atoms with Crippen LogP contribution in [-0.4, -0.2) is 12.5 Å². The highest BCUT2D eigenvalue weighted by molar-refractivity contribution is 7.10. The molecule has 23 heavy (non-hydrogen) atoms. The van der Waals surface area contributed by atoms with Gasteiger partial charge in [-0.2, -0.15) is 0 Å². The molecule has 3 nitrogen and oxygen atoms in total. The van der Waals surface area contributed by atoms with Gasteiger partial charge in [0.1, 0.15) is 0 Å². The molecule has 1 atom stereocenters. The van der Waals surface area contributed by atoms with Gasteiger partial charge in [-0.3, -0.25) is 4.79 Å². The van der Waals surface area contributed by atoms with E-state index < -0.39 is 0 Å². The van der Waals surface area contributed by atoms with Crippen molar-refractivity contribution in [1.82, 2.24) is 5.32 Å². The van der Waals surface area contributed by atoms with E-state index in [1.54, 1.807) is 11.3 Å². The summed E-state index contributed by atoms with van der Waals surface area (Å²) in [6.45, 7) is 8.49. The summed E-state index contributed by atoms with van der Waals surface area (Å²) in [5, 5.41) is 8.90. The molecule has 0 aliphatic rings. The zero-order valence-corrected chi connectivity index (χ0v) is 15.5. The van der Waals surface area contributed by atoms with Crippen molar-refractivity contribution in [1.29, 1.82) is 0 Å². The van der Waals surface area contributed by atoms with E-state index in [9.17, 15) is 4.79 Å². The summed E-state index contributed by atoms with van der Waals surface area (Å²) in [7, 11) is 0. The molecule has 1 aromatic heterocycles. The van der Waals surface area contributed by atoms with E-state index in [1.165, 1.54) is 4.88 Å². The number of nitrogens with one attached hydrogen (secondary N) is 2. The molecule has 0 spiro atoms. The van der Waals surface area contributed by atoms with Crippen molar-refractivity contribution in [3.05, 3.63) is 50.7 Å². The van der Waals surface area contributed by atoms with Gasteiger partial charge >= 0.3 is 0 Å². The van der Waals surface area contributed by atoms with Crippen molar-refractivity contribution >= 4 is 34.5 Å². The Kier molecular flexibility index (Phi) is 6.22. The molecule has 1 unspecified atom stereocenters. The monoisotopic (exact) mass is 350 g/mol. The molecule has 1 aromatic carbocycles. The molecule has 0 fully saturated rings. The van der Waals surface area contributed by atoms with Gasteiger partial charge in [0.2, 0.25) is 5.91 Å². The Morgan fingerprint density at radius 3 is 2.61 bits per heavy atom. The van der Waals surface area contributed by atoms with E-state index in [1.807, 2.05) is 32.0 Å². The maximum absolute atomic E-state index is 12.3. The van der Waals surface area contributed by atoms with Crippen LogP contribution in [0.15, 0.2) is 29.6 Å². The summed E-state index contributed by atoms with van der Waals surface area (Å²) < 4.78 is 0. The number of hydrogen-bond acceptors (Lipinski definition) is 3. The fourth-order valence-corrected chi connectivity index (χ4v) is 3.94. The van der Waals surface area contributed by atoms with E-state index in [0.717, 1.165) is 11.1 Å². The third kappa shape index (κ3) is 4.80. The topological polar surface area (TPSA) is 41.1 Å². The highest BCUT2D eigenvalue weighted by Gasteiger charge is 2.18. The summed E-state index contributed by atoms with van der Waals surface area (Å²) in [6.07, 6.45) is 0. The Balaban J connectivity index is 2.00. The number of amides is 1. The van der Waals surface area contributed by atoms with Gasteiger partial charge in [-0.25, -0.2) is 0 Å². The third-order valence-corrected chi connectivity index (χ3v) is 4.95. The zero-order chi connectivity index (χ0) is 17.0. The summed E-state index contributed by atoms with van der Waals surface area (Å²) >= 11 is 7.95. The quantitative estimate of drug-likeness (QED) is 0.774. The third-order valence-electron chi connectivity index (χ3n) is 3.70. The number of rotatable bonds is 6. The SMILES string of the molecule is Cc1cc(C)c(NC(=O)CNC(c2cccs2)C(C)C)c(Cl)c1. The van der Waals surface area contributed by atoms with Crippen LogP contribution < -0.4 is 10.6 Å². The van der Waals surface area contributed by atoms with Crippen LogP contribution in [0.25, 0.3) is 0 Å². The van der Waals surface area contributed by atoms with Gasteiger partial charge in [0.25, 0.3) is 0 Å². The van der Waals surface area contributed by atoms with E-state index in [2.05, 4.69) is 35.9 Å². The summed E-state index contributed by atoms with van der Waals surface area (Å²) in [5.41, 5.74) is 2.75. The molecule has 0 aliphatic carbocycles. The van der Waals surface area contributed by atoms with Crippen molar-refractivity contribution in [2.75, 3.05) is 11.9 Å². The second-order valence-corrected chi connectivity index (χ2v) is 7.49. The number of benzene rings is 1. The molecule has 2 aromatic rings. The Labute approximate surface area is 147 Å². The first kappa shape index (κ1) is 18.0. The number of halogens is 1. The predicted octanol–water partition coefficient (Wildman–Crippen LogP) is 4.94. The maximum Gasteiger partial charge on any atom is 0.238 e. The zero-order valence-electron chi connectivity index (χ0n) is 13.9. The smallest absolute Gasteiger partial charge is 0.238 e. The minimum atomic E-state index is -0.0824. The number of carbonyl (C=O) groups excluding carboxylic acids is 1. The fourth-order valence-electron chi connectivity index (χ4n) is 2.59. The second kappa shape index (κ2) is 7.95. The molecular weight excluding hydrogens is 328 g/mol. The Bertz CT molecular complexity index is 645. The number of anilines is 1. The highest BCUT2D eigenvalue weighted by atomic mass is 35.5. The van der Waals surface area contributed by atoms with E-state index >= 15 is 0 Å². The normalized spacial score (nSPS) is 12.4. The summed E-state index contributed by atoms with van der Waals surface area (Å²) in [4.78, 5) is 13.5. The average Bonchev–Trinajstić information content (AvgIpc) is 2.96. The Hall–Kier alpha value is -1.36. The number of aryl methyl sites for hydroxylation is 2. The lowest BCUT2D eigenvalue weighted by Gasteiger charge is -2.21. The van der Waals surface area contributed by atoms with Gasteiger partial charge in [-0.05, 0) is 48.4 Å². The van der Waals surface area contributed by atoms with E-state index in [0.29, 0.717) is 16.6 Å². The minimum Gasteiger partial charge on any atom is -0.323 e. The molecule has 2 rings (SSSR count). The maximum atomic E-state index is 12.3. The molecule has 0 saturated heterocycles. The number of thiophene rings is 1. The predicted molar refractivity (Wildman–Crippen MR) is 99.5 cm³/mol. The van der Waals surface area contributed by atoms with Crippen LogP contribution in [0.1, 0.15) is 35.9 Å². The summed E-state index contributed by atoms with van der Waals surface area (Å²) in [6, 6.07) is 8.18. The van der Waals surface area contributed by atoms with Crippen molar-refractivity contribution in [2.24, 2.45) is 5.92 Å².